The summed E-state index contributed by atoms with van der Waals surface area (Å²) in [5.74, 6) is -0.927. The Labute approximate surface area is 168 Å². The van der Waals surface area contributed by atoms with Gasteiger partial charge in [0.15, 0.2) is 0 Å². The number of ether oxygens (including phenoxy) is 1. The average molecular weight is 388 g/mol. The Morgan fingerprint density at radius 3 is 2.17 bits per heavy atom. The zero-order valence-electron chi connectivity index (χ0n) is 15.8. The molecule has 2 N–H and O–H groups in total. The molecule has 0 radical (unpaired) electrons. The van der Waals surface area contributed by atoms with Gasteiger partial charge in [0.1, 0.15) is 0 Å². The lowest BCUT2D eigenvalue weighted by molar-refractivity contribution is -0.115. The number of rotatable bonds is 6. The highest BCUT2D eigenvalue weighted by Gasteiger charge is 2.10. The Morgan fingerprint density at radius 1 is 0.759 bits per heavy atom. The van der Waals surface area contributed by atoms with Gasteiger partial charge in [-0.25, -0.2) is 4.79 Å². The molecule has 3 rings (SSSR count). The highest BCUT2D eigenvalue weighted by Crippen LogP contribution is 2.15. The maximum atomic E-state index is 12.5. The molecular formula is C23H20N2O4. The second-order valence-electron chi connectivity index (χ2n) is 6.31. The summed E-state index contributed by atoms with van der Waals surface area (Å²) in [5, 5.41) is 5.56. The van der Waals surface area contributed by atoms with Gasteiger partial charge in [0.2, 0.25) is 5.91 Å². The van der Waals surface area contributed by atoms with Gasteiger partial charge >= 0.3 is 5.97 Å². The van der Waals surface area contributed by atoms with E-state index in [-0.39, 0.29) is 18.2 Å². The third-order valence-electron chi connectivity index (χ3n) is 4.18. The lowest BCUT2D eigenvalue weighted by Crippen LogP contribution is -2.16. The van der Waals surface area contributed by atoms with Crippen LogP contribution in [0.2, 0.25) is 0 Å². The SMILES string of the molecule is COC(=O)c1ccc(NC(=O)c2cccc(NC(=O)Cc3ccccc3)c2)cc1. The number of carbonyl (C=O) groups excluding carboxylic acids is 3. The monoisotopic (exact) mass is 388 g/mol. The van der Waals surface area contributed by atoms with Gasteiger partial charge in [-0.3, -0.25) is 9.59 Å². The molecule has 2 amide bonds. The van der Waals surface area contributed by atoms with Crippen molar-refractivity contribution in [3.05, 3.63) is 95.6 Å². The number of benzene rings is 3. The first kappa shape index (κ1) is 19.8. The third kappa shape index (κ3) is 5.52. The second-order valence-corrected chi connectivity index (χ2v) is 6.31. The van der Waals surface area contributed by atoms with E-state index >= 15 is 0 Å². The van der Waals surface area contributed by atoms with Crippen molar-refractivity contribution in [2.24, 2.45) is 0 Å². The van der Waals surface area contributed by atoms with Crippen LogP contribution in [0.25, 0.3) is 0 Å². The number of hydrogen-bond donors (Lipinski definition) is 2. The zero-order valence-corrected chi connectivity index (χ0v) is 15.8. The fourth-order valence-corrected chi connectivity index (χ4v) is 2.74. The van der Waals surface area contributed by atoms with E-state index in [9.17, 15) is 14.4 Å². The van der Waals surface area contributed by atoms with Crippen LogP contribution in [0, 0.1) is 0 Å². The van der Waals surface area contributed by atoms with Crippen molar-refractivity contribution in [2.45, 2.75) is 6.42 Å². The van der Waals surface area contributed by atoms with Crippen molar-refractivity contribution < 1.29 is 19.1 Å². The number of amides is 2. The van der Waals surface area contributed by atoms with Crippen molar-refractivity contribution in [3.8, 4) is 0 Å². The van der Waals surface area contributed by atoms with Gasteiger partial charge in [-0.2, -0.15) is 0 Å². The van der Waals surface area contributed by atoms with Crippen LogP contribution in [0.15, 0.2) is 78.9 Å². The van der Waals surface area contributed by atoms with Crippen molar-refractivity contribution in [1.29, 1.82) is 0 Å². The predicted molar refractivity (Wildman–Crippen MR) is 111 cm³/mol. The summed E-state index contributed by atoms with van der Waals surface area (Å²) in [6, 6.07) is 22.5. The van der Waals surface area contributed by atoms with E-state index in [1.807, 2.05) is 30.3 Å². The molecule has 0 aliphatic carbocycles. The van der Waals surface area contributed by atoms with Gasteiger partial charge in [-0.1, -0.05) is 36.4 Å². The Bertz CT molecular complexity index is 1010. The Morgan fingerprint density at radius 2 is 1.48 bits per heavy atom. The van der Waals surface area contributed by atoms with Gasteiger partial charge in [0, 0.05) is 16.9 Å². The van der Waals surface area contributed by atoms with E-state index in [1.54, 1.807) is 48.5 Å². The van der Waals surface area contributed by atoms with Crippen LogP contribution in [0.1, 0.15) is 26.3 Å². The summed E-state index contributed by atoms with van der Waals surface area (Å²) in [5.41, 5.74) is 2.79. The Kier molecular flexibility index (Phi) is 6.37. The van der Waals surface area contributed by atoms with E-state index in [2.05, 4.69) is 15.4 Å². The summed E-state index contributed by atoms with van der Waals surface area (Å²) in [6.07, 6.45) is 0.254. The van der Waals surface area contributed by atoms with E-state index in [0.717, 1.165) is 5.56 Å². The maximum absolute atomic E-state index is 12.5. The molecule has 29 heavy (non-hydrogen) atoms. The molecule has 0 spiro atoms. The van der Waals surface area contributed by atoms with Gasteiger partial charge in [-0.05, 0) is 48.0 Å². The number of nitrogens with one attached hydrogen (secondary N) is 2. The number of anilines is 2. The number of methoxy groups -OCH3 is 1. The molecule has 0 saturated heterocycles. The van der Waals surface area contributed by atoms with Crippen molar-refractivity contribution >= 4 is 29.2 Å². The average Bonchev–Trinajstić information content (AvgIpc) is 2.74. The standard InChI is InChI=1S/C23H20N2O4/c1-29-23(28)17-10-12-19(13-11-17)25-22(27)18-8-5-9-20(15-18)24-21(26)14-16-6-3-2-4-7-16/h2-13,15H,14H2,1H3,(H,24,26)(H,25,27). The van der Waals surface area contributed by atoms with E-state index < -0.39 is 5.97 Å². The lowest BCUT2D eigenvalue weighted by Gasteiger charge is -2.09. The summed E-state index contributed by atoms with van der Waals surface area (Å²) in [4.78, 5) is 36.2. The molecule has 0 atom stereocenters. The number of carbonyl (C=O) groups is 3. The molecule has 0 bridgehead atoms. The first-order valence-corrected chi connectivity index (χ1v) is 8.99. The summed E-state index contributed by atoms with van der Waals surface area (Å²) < 4.78 is 4.65. The number of esters is 1. The normalized spacial score (nSPS) is 10.1. The molecule has 0 aromatic heterocycles. The molecule has 6 nitrogen and oxygen atoms in total. The molecule has 146 valence electrons. The van der Waals surface area contributed by atoms with Crippen LogP contribution in [-0.4, -0.2) is 24.9 Å². The third-order valence-corrected chi connectivity index (χ3v) is 4.18. The minimum atomic E-state index is -0.443. The first-order chi connectivity index (χ1) is 14.0. The fraction of sp³-hybridized carbons (Fsp3) is 0.0870. The highest BCUT2D eigenvalue weighted by molar-refractivity contribution is 6.05. The van der Waals surface area contributed by atoms with Crippen molar-refractivity contribution in [2.75, 3.05) is 17.7 Å². The molecule has 0 saturated carbocycles. The van der Waals surface area contributed by atoms with Gasteiger partial charge in [0.05, 0.1) is 19.1 Å². The van der Waals surface area contributed by atoms with Crippen LogP contribution in [0.5, 0.6) is 0 Å². The topological polar surface area (TPSA) is 84.5 Å². The molecule has 0 aliphatic heterocycles. The van der Waals surface area contributed by atoms with Crippen LogP contribution >= 0.6 is 0 Å². The summed E-state index contributed by atoms with van der Waals surface area (Å²) in [6.45, 7) is 0. The Balaban J connectivity index is 1.63. The van der Waals surface area contributed by atoms with E-state index in [0.29, 0.717) is 22.5 Å². The smallest absolute Gasteiger partial charge is 0.337 e. The van der Waals surface area contributed by atoms with Gasteiger partial charge in [-0.15, -0.1) is 0 Å². The van der Waals surface area contributed by atoms with Crippen molar-refractivity contribution in [3.63, 3.8) is 0 Å². The van der Waals surface area contributed by atoms with E-state index in [1.165, 1.54) is 7.11 Å². The predicted octanol–water partition coefficient (Wildman–Crippen LogP) is 3.91. The van der Waals surface area contributed by atoms with E-state index in [4.69, 9.17) is 0 Å². The summed E-state index contributed by atoms with van der Waals surface area (Å²) in [7, 11) is 1.31. The van der Waals surface area contributed by atoms with Gasteiger partial charge in [0.25, 0.3) is 5.91 Å². The van der Waals surface area contributed by atoms with Crippen LogP contribution in [0.3, 0.4) is 0 Å². The molecular weight excluding hydrogens is 368 g/mol. The molecule has 0 aliphatic rings. The highest BCUT2D eigenvalue weighted by atomic mass is 16.5. The largest absolute Gasteiger partial charge is 0.465 e. The minimum Gasteiger partial charge on any atom is -0.465 e. The fourth-order valence-electron chi connectivity index (χ4n) is 2.74. The van der Waals surface area contributed by atoms with Crippen LogP contribution in [-0.2, 0) is 16.0 Å². The molecule has 3 aromatic rings. The first-order valence-electron chi connectivity index (χ1n) is 8.99. The molecule has 6 heteroatoms. The molecule has 0 unspecified atom stereocenters. The number of hydrogen-bond acceptors (Lipinski definition) is 4. The van der Waals surface area contributed by atoms with Gasteiger partial charge < -0.3 is 15.4 Å². The van der Waals surface area contributed by atoms with Crippen LogP contribution < -0.4 is 10.6 Å². The maximum Gasteiger partial charge on any atom is 0.337 e. The Hall–Kier alpha value is -3.93. The lowest BCUT2D eigenvalue weighted by atomic mass is 10.1. The molecule has 0 fully saturated rings. The summed E-state index contributed by atoms with van der Waals surface area (Å²) >= 11 is 0. The van der Waals surface area contributed by atoms with Crippen molar-refractivity contribution in [1.82, 2.24) is 0 Å². The second kappa shape index (κ2) is 9.32. The van der Waals surface area contributed by atoms with Crippen LogP contribution in [0.4, 0.5) is 11.4 Å². The quantitative estimate of drug-likeness (QED) is 0.627. The zero-order chi connectivity index (χ0) is 20.6. The molecule has 3 aromatic carbocycles. The molecule has 0 heterocycles. The minimum absolute atomic E-state index is 0.160.